The Morgan fingerprint density at radius 1 is 0.385 bits per heavy atom. The molecule has 3 nitrogen and oxygen atoms in total. The molecule has 0 radical (unpaired) electrons. The number of methoxy groups -OCH3 is 1. The van der Waals surface area contributed by atoms with E-state index >= 15 is 0 Å². The Kier molecular flexibility index (Phi) is 15.9. The van der Waals surface area contributed by atoms with Crippen molar-refractivity contribution in [1.29, 1.82) is 0 Å². The maximum absolute atomic E-state index is 14.2. The summed E-state index contributed by atoms with van der Waals surface area (Å²) in [6.45, 7) is 0.262. The molecule has 0 aliphatic carbocycles. The van der Waals surface area contributed by atoms with Crippen molar-refractivity contribution in [3.8, 4) is 5.88 Å². The van der Waals surface area contributed by atoms with Crippen molar-refractivity contribution in [2.24, 2.45) is 0 Å². The lowest BCUT2D eigenvalue weighted by atomic mass is 9.12. The highest BCUT2D eigenvalue weighted by atomic mass is 19.4. The summed E-state index contributed by atoms with van der Waals surface area (Å²) in [7, 11) is 1.63. The SMILES string of the molecule is COc1c2ccccc2cc[n+]1CC(=O)c1ccccc1.FC(F)(F)c1cc([B-](c2cc(C(F)(F)F)cc(C(F)(F)F)c2)(c2cc(C(F)(F)F)cc(C(F)(F)F)c2)c2cc(C(F)(F)F)cc(C(F)(F)F)c2)cc(C(F)(F)F)c1. The molecule has 28 heteroatoms. The average Bonchev–Trinajstić information content (AvgIpc) is 3.32. The average molecular weight is 1140 g/mol. The number of benzene rings is 6. The number of ether oxygens (including phenoxy) is 1. The van der Waals surface area contributed by atoms with Gasteiger partial charge in [0.15, 0.2) is 6.20 Å². The van der Waals surface area contributed by atoms with Gasteiger partial charge in [0.1, 0.15) is 6.15 Å². The van der Waals surface area contributed by atoms with Crippen molar-refractivity contribution in [2.45, 2.75) is 56.0 Å². The highest BCUT2D eigenvalue weighted by Crippen LogP contribution is 2.41. The van der Waals surface area contributed by atoms with Crippen LogP contribution in [-0.4, -0.2) is 19.0 Å². The van der Waals surface area contributed by atoms with E-state index in [1.807, 2.05) is 71.4 Å². The lowest BCUT2D eigenvalue weighted by Crippen LogP contribution is -2.75. The van der Waals surface area contributed by atoms with Gasteiger partial charge in [0.05, 0.1) is 57.0 Å². The summed E-state index contributed by atoms with van der Waals surface area (Å²) < 4.78 is 348. The monoisotopic (exact) mass is 1140 g/mol. The molecule has 0 N–H and O–H groups in total. The van der Waals surface area contributed by atoms with Crippen LogP contribution >= 0.6 is 0 Å². The van der Waals surface area contributed by atoms with Crippen molar-refractivity contribution in [3.63, 3.8) is 0 Å². The summed E-state index contributed by atoms with van der Waals surface area (Å²) in [5, 5.41) is 2.10. The number of pyridine rings is 1. The fraction of sp³-hybridized carbons (Fsp3) is 0.200. The number of aromatic nitrogens is 1. The molecule has 0 amide bonds. The van der Waals surface area contributed by atoms with Crippen molar-refractivity contribution >= 4 is 44.6 Å². The van der Waals surface area contributed by atoms with Crippen molar-refractivity contribution in [3.05, 3.63) is 190 Å². The zero-order valence-corrected chi connectivity index (χ0v) is 38.4. The Balaban J connectivity index is 0.000000387. The molecule has 7 aromatic rings. The summed E-state index contributed by atoms with van der Waals surface area (Å²) in [6.07, 6.45) is -52.9. The molecule has 0 aliphatic heterocycles. The molecule has 0 atom stereocenters. The fourth-order valence-corrected chi connectivity index (χ4v) is 8.52. The largest absolute Gasteiger partial charge is 0.447 e. The number of nitrogens with zero attached hydrogens (tertiary/aromatic N) is 1. The van der Waals surface area contributed by atoms with E-state index in [4.69, 9.17) is 4.74 Å². The van der Waals surface area contributed by atoms with Crippen LogP contribution in [0.25, 0.3) is 10.8 Å². The van der Waals surface area contributed by atoms with E-state index in [2.05, 4.69) is 0 Å². The van der Waals surface area contributed by atoms with Gasteiger partial charge in [-0.15, -0.1) is 0 Å². The van der Waals surface area contributed by atoms with Crippen LogP contribution in [0.3, 0.4) is 0 Å². The number of carbonyl (C=O) groups is 1. The number of fused-ring (bicyclic) bond motifs is 1. The Morgan fingerprint density at radius 3 is 0.923 bits per heavy atom. The summed E-state index contributed by atoms with van der Waals surface area (Å²) in [6, 6.07) is 10.5. The molecule has 6 aromatic carbocycles. The number of Topliss-reactive ketones (excluding diaryl/α,β-unsaturated/α-hetero) is 1. The predicted octanol–water partition coefficient (Wildman–Crippen LogP) is 14.2. The van der Waals surface area contributed by atoms with Crippen LogP contribution in [0.5, 0.6) is 5.88 Å². The first kappa shape index (κ1) is 59.8. The Labute approximate surface area is 422 Å². The Bertz CT molecular complexity index is 2890. The van der Waals surface area contributed by atoms with Crippen LogP contribution in [0.15, 0.2) is 140 Å². The van der Waals surface area contributed by atoms with Crippen LogP contribution in [0.4, 0.5) is 105 Å². The van der Waals surface area contributed by atoms with Crippen molar-refractivity contribution in [2.75, 3.05) is 7.11 Å². The number of ketones is 1. The third kappa shape index (κ3) is 13.1. The zero-order valence-electron chi connectivity index (χ0n) is 38.4. The molecule has 0 bridgehead atoms. The number of carbonyl (C=O) groups excluding carboxylic acids is 1. The molecule has 1 aromatic heterocycles. The van der Waals surface area contributed by atoms with E-state index in [0.717, 1.165) is 10.8 Å². The van der Waals surface area contributed by atoms with E-state index in [0.29, 0.717) is 11.4 Å². The number of rotatable bonds is 8. The van der Waals surface area contributed by atoms with Gasteiger partial charge in [-0.3, -0.25) is 4.79 Å². The quantitative estimate of drug-likeness (QED) is 0.0657. The van der Waals surface area contributed by atoms with Gasteiger partial charge in [-0.25, -0.2) is 0 Å². The second kappa shape index (κ2) is 20.8. The fourth-order valence-electron chi connectivity index (χ4n) is 8.52. The van der Waals surface area contributed by atoms with Gasteiger partial charge in [-0.1, -0.05) is 97.1 Å². The summed E-state index contributed by atoms with van der Waals surface area (Å²) in [5.74, 6) is 0.770. The number of halogens is 24. The molecule has 416 valence electrons. The van der Waals surface area contributed by atoms with Gasteiger partial charge >= 0.3 is 55.3 Å². The molecule has 0 spiro atoms. The van der Waals surface area contributed by atoms with E-state index in [9.17, 15) is 110 Å². The van der Waals surface area contributed by atoms with Gasteiger partial charge in [0.25, 0.3) is 0 Å². The molecular formula is C50H28BF24NO2. The van der Waals surface area contributed by atoms with Crippen molar-refractivity contribution < 1.29 is 119 Å². The van der Waals surface area contributed by atoms with Gasteiger partial charge in [0, 0.05) is 11.6 Å². The smallest absolute Gasteiger partial charge is 0.416 e. The number of hydrogen-bond donors (Lipinski definition) is 0. The van der Waals surface area contributed by atoms with Crippen molar-refractivity contribution in [1.82, 2.24) is 0 Å². The maximum atomic E-state index is 14.2. The molecular weight excluding hydrogens is 1110 g/mol. The first-order chi connectivity index (χ1) is 35.6. The normalized spacial score (nSPS) is 13.3. The highest BCUT2D eigenvalue weighted by Gasteiger charge is 2.47. The first-order valence-electron chi connectivity index (χ1n) is 21.4. The lowest BCUT2D eigenvalue weighted by molar-refractivity contribution is -0.686. The van der Waals surface area contributed by atoms with Gasteiger partial charge in [-0.2, -0.15) is 132 Å². The van der Waals surface area contributed by atoms with Gasteiger partial charge in [0.2, 0.25) is 12.3 Å². The summed E-state index contributed by atoms with van der Waals surface area (Å²) in [5.41, 5.74) is -29.5. The molecule has 0 saturated heterocycles. The Hall–Kier alpha value is -7.42. The van der Waals surface area contributed by atoms with Gasteiger partial charge in [-0.05, 0) is 35.7 Å². The molecule has 0 fully saturated rings. The highest BCUT2D eigenvalue weighted by molar-refractivity contribution is 7.20. The minimum atomic E-state index is -6.13. The summed E-state index contributed by atoms with van der Waals surface area (Å²) in [4.78, 5) is 12.3. The zero-order chi connectivity index (χ0) is 58.6. The van der Waals surface area contributed by atoms with Crippen LogP contribution in [0.2, 0.25) is 0 Å². The second-order valence-corrected chi connectivity index (χ2v) is 17.1. The van der Waals surface area contributed by atoms with E-state index in [-0.39, 0.29) is 12.3 Å². The van der Waals surface area contributed by atoms with E-state index in [1.54, 1.807) is 7.11 Å². The minimum Gasteiger partial charge on any atom is -0.447 e. The number of hydrogen-bond acceptors (Lipinski definition) is 2. The maximum Gasteiger partial charge on any atom is 0.416 e. The third-order valence-electron chi connectivity index (χ3n) is 11.9. The first-order valence-corrected chi connectivity index (χ1v) is 21.4. The van der Waals surface area contributed by atoms with Crippen LogP contribution in [0, 0.1) is 0 Å². The van der Waals surface area contributed by atoms with Crippen LogP contribution in [-0.2, 0) is 56.0 Å². The molecule has 0 aliphatic rings. The molecule has 0 saturated carbocycles. The molecule has 78 heavy (non-hydrogen) atoms. The third-order valence-corrected chi connectivity index (χ3v) is 11.9. The molecule has 1 heterocycles. The Morgan fingerprint density at radius 2 is 0.654 bits per heavy atom. The standard InChI is InChI=1S/C32H12BF24.C18H16NO2/c34-25(35,36)13-1-14(26(37,38)39)6-21(5-13)33(22-7-15(27(40,41)42)2-16(8-22)28(43,44)45,23-9-17(29(46,47)48)3-18(10-23)30(49,50)51)24-11-19(31(52,53)54)4-20(12-24)32(55,56)57;1-21-18-16-10-6-5-7-14(16)11-12-19(18)13-17(20)15-8-3-2-4-9-15/h1-12H;2-12H,13H2,1H3/q-1;+1. The van der Waals surface area contributed by atoms with Gasteiger partial charge < -0.3 is 4.74 Å². The van der Waals surface area contributed by atoms with E-state index in [1.165, 1.54) is 0 Å². The van der Waals surface area contributed by atoms with Crippen LogP contribution < -0.4 is 31.2 Å². The second-order valence-electron chi connectivity index (χ2n) is 17.1. The lowest BCUT2D eigenvalue weighted by Gasteiger charge is -2.46. The van der Waals surface area contributed by atoms with E-state index < -0.39 is 195 Å². The predicted molar refractivity (Wildman–Crippen MR) is 232 cm³/mol. The summed E-state index contributed by atoms with van der Waals surface area (Å²) >= 11 is 0. The van der Waals surface area contributed by atoms with Crippen LogP contribution in [0.1, 0.15) is 54.9 Å². The number of alkyl halides is 24. The molecule has 7 rings (SSSR count). The minimum absolute atomic E-state index is 0.0641. The topological polar surface area (TPSA) is 30.2 Å². The molecule has 0 unspecified atom stereocenters.